The highest BCUT2D eigenvalue weighted by Gasteiger charge is 2.19. The average Bonchev–Trinajstić information content (AvgIpc) is 3.04. The molecule has 0 aliphatic carbocycles. The van der Waals surface area contributed by atoms with Gasteiger partial charge >= 0.3 is 0 Å². The van der Waals surface area contributed by atoms with Gasteiger partial charge in [-0.15, -0.1) is 22.7 Å². The zero-order valence-corrected chi connectivity index (χ0v) is 12.1. The summed E-state index contributed by atoms with van der Waals surface area (Å²) in [6, 6.07) is 2.25. The van der Waals surface area contributed by atoms with Crippen LogP contribution in [0, 0.1) is 0 Å². The van der Waals surface area contributed by atoms with Crippen LogP contribution in [-0.4, -0.2) is 25.1 Å². The lowest BCUT2D eigenvalue weighted by atomic mass is 10.1. The van der Waals surface area contributed by atoms with E-state index in [4.69, 9.17) is 4.98 Å². The first-order chi connectivity index (χ1) is 8.86. The minimum atomic E-state index is 0.998. The molecule has 1 aliphatic heterocycles. The number of fused-ring (bicyclic) bond motifs is 1. The lowest BCUT2D eigenvalue weighted by molar-refractivity contribution is 0.733. The zero-order chi connectivity index (χ0) is 12.4. The number of aromatic nitrogens is 1. The second-order valence-corrected chi connectivity index (χ2v) is 6.35. The van der Waals surface area contributed by atoms with Crippen LogP contribution < -0.4 is 10.2 Å². The molecule has 3 heterocycles. The maximum atomic E-state index is 4.74. The van der Waals surface area contributed by atoms with Gasteiger partial charge in [0.05, 0.1) is 5.69 Å². The number of anilines is 1. The summed E-state index contributed by atoms with van der Waals surface area (Å²) in [7, 11) is 1.98. The average molecular weight is 279 g/mol. The van der Waals surface area contributed by atoms with Crippen LogP contribution in [-0.2, 0) is 19.4 Å². The summed E-state index contributed by atoms with van der Waals surface area (Å²) in [5, 5.41) is 8.74. The van der Waals surface area contributed by atoms with Crippen LogP contribution in [0.25, 0.3) is 0 Å². The van der Waals surface area contributed by atoms with E-state index in [0.717, 1.165) is 26.1 Å². The molecular formula is C13H17N3S2. The van der Waals surface area contributed by atoms with Crippen LogP contribution >= 0.6 is 22.7 Å². The van der Waals surface area contributed by atoms with Crippen molar-refractivity contribution in [2.24, 2.45) is 0 Å². The van der Waals surface area contributed by atoms with Gasteiger partial charge in [-0.2, -0.15) is 0 Å². The molecule has 1 N–H and O–H groups in total. The third-order valence-corrected chi connectivity index (χ3v) is 5.22. The molecule has 2 aromatic rings. The van der Waals surface area contributed by atoms with Crippen molar-refractivity contribution < 1.29 is 0 Å². The summed E-state index contributed by atoms with van der Waals surface area (Å²) < 4.78 is 0. The largest absolute Gasteiger partial charge is 0.343 e. The Morgan fingerprint density at radius 2 is 2.39 bits per heavy atom. The summed E-state index contributed by atoms with van der Waals surface area (Å²) >= 11 is 3.66. The molecule has 0 saturated carbocycles. The maximum absolute atomic E-state index is 4.74. The fourth-order valence-electron chi connectivity index (χ4n) is 2.22. The minimum Gasteiger partial charge on any atom is -0.343 e. The van der Waals surface area contributed by atoms with Gasteiger partial charge in [-0.25, -0.2) is 4.98 Å². The van der Waals surface area contributed by atoms with E-state index in [1.807, 2.05) is 18.4 Å². The van der Waals surface area contributed by atoms with Crippen molar-refractivity contribution in [3.8, 4) is 0 Å². The standard InChI is InChI=1S/C13H17N3S2/c1-14-5-2-11-9-18-13(15-11)16-6-3-12-10(8-16)4-7-17-12/h4,7,9,14H,2-3,5-6,8H2,1H3. The lowest BCUT2D eigenvalue weighted by Gasteiger charge is -2.26. The number of likely N-dealkylation sites (N-methyl/N-ethyl adjacent to an activating group) is 1. The molecule has 0 aromatic carbocycles. The predicted octanol–water partition coefficient (Wildman–Crippen LogP) is 2.53. The van der Waals surface area contributed by atoms with Gasteiger partial charge in [0.25, 0.3) is 0 Å². The van der Waals surface area contributed by atoms with Crippen molar-refractivity contribution in [1.82, 2.24) is 10.3 Å². The topological polar surface area (TPSA) is 28.2 Å². The summed E-state index contributed by atoms with van der Waals surface area (Å²) in [5.74, 6) is 0. The van der Waals surface area contributed by atoms with Gasteiger partial charge in [0.15, 0.2) is 5.13 Å². The van der Waals surface area contributed by atoms with E-state index >= 15 is 0 Å². The number of thiazole rings is 1. The molecule has 2 aromatic heterocycles. The maximum Gasteiger partial charge on any atom is 0.185 e. The van der Waals surface area contributed by atoms with Crippen molar-refractivity contribution in [2.75, 3.05) is 25.0 Å². The Kier molecular flexibility index (Phi) is 3.63. The first kappa shape index (κ1) is 12.1. The first-order valence-corrected chi connectivity index (χ1v) is 8.02. The van der Waals surface area contributed by atoms with Gasteiger partial charge in [0.1, 0.15) is 0 Å². The van der Waals surface area contributed by atoms with Crippen LogP contribution in [0.3, 0.4) is 0 Å². The molecule has 3 rings (SSSR count). The Morgan fingerprint density at radius 3 is 3.28 bits per heavy atom. The number of nitrogens with zero attached hydrogens (tertiary/aromatic N) is 2. The number of hydrogen-bond donors (Lipinski definition) is 1. The fourth-order valence-corrected chi connectivity index (χ4v) is 4.00. The molecule has 18 heavy (non-hydrogen) atoms. The smallest absolute Gasteiger partial charge is 0.185 e. The zero-order valence-electron chi connectivity index (χ0n) is 10.5. The van der Waals surface area contributed by atoms with Crippen LogP contribution in [0.1, 0.15) is 16.1 Å². The van der Waals surface area contributed by atoms with Gasteiger partial charge in [-0.3, -0.25) is 0 Å². The summed E-state index contributed by atoms with van der Waals surface area (Å²) in [6.07, 6.45) is 2.18. The van der Waals surface area contributed by atoms with Crippen molar-refractivity contribution in [2.45, 2.75) is 19.4 Å². The number of nitrogens with one attached hydrogen (secondary N) is 1. The van der Waals surface area contributed by atoms with Gasteiger partial charge in [-0.1, -0.05) is 0 Å². The van der Waals surface area contributed by atoms with E-state index < -0.39 is 0 Å². The lowest BCUT2D eigenvalue weighted by Crippen LogP contribution is -2.29. The molecule has 1 aliphatic rings. The van der Waals surface area contributed by atoms with E-state index in [0.29, 0.717) is 0 Å². The Labute approximate surface area is 115 Å². The normalized spacial score (nSPS) is 14.8. The van der Waals surface area contributed by atoms with E-state index in [1.54, 1.807) is 16.2 Å². The summed E-state index contributed by atoms with van der Waals surface area (Å²) in [6.45, 7) is 3.13. The van der Waals surface area contributed by atoms with Gasteiger partial charge in [-0.05, 0) is 30.5 Å². The molecule has 0 radical (unpaired) electrons. The van der Waals surface area contributed by atoms with Crippen LogP contribution in [0.2, 0.25) is 0 Å². The highest BCUT2D eigenvalue weighted by atomic mass is 32.1. The monoisotopic (exact) mass is 279 g/mol. The molecule has 5 heteroatoms. The van der Waals surface area contributed by atoms with Crippen molar-refractivity contribution in [3.05, 3.63) is 33.0 Å². The van der Waals surface area contributed by atoms with Crippen molar-refractivity contribution in [1.29, 1.82) is 0 Å². The van der Waals surface area contributed by atoms with E-state index in [-0.39, 0.29) is 0 Å². The molecule has 0 fully saturated rings. The summed E-state index contributed by atoms with van der Waals surface area (Å²) in [4.78, 5) is 8.70. The molecule has 0 saturated heterocycles. The number of hydrogen-bond acceptors (Lipinski definition) is 5. The SMILES string of the molecule is CNCCc1csc(N2CCc3sccc3C2)n1. The molecule has 0 bridgehead atoms. The Hall–Kier alpha value is -0.910. The molecule has 0 atom stereocenters. The van der Waals surface area contributed by atoms with Gasteiger partial charge in [0.2, 0.25) is 0 Å². The van der Waals surface area contributed by atoms with Crippen LogP contribution in [0.4, 0.5) is 5.13 Å². The van der Waals surface area contributed by atoms with E-state index in [9.17, 15) is 0 Å². The molecule has 0 amide bonds. The Balaban J connectivity index is 1.70. The minimum absolute atomic E-state index is 0.998. The third-order valence-electron chi connectivity index (χ3n) is 3.25. The Morgan fingerprint density at radius 1 is 1.44 bits per heavy atom. The van der Waals surface area contributed by atoms with E-state index in [1.165, 1.54) is 22.8 Å². The van der Waals surface area contributed by atoms with E-state index in [2.05, 4.69) is 27.0 Å². The number of thiophene rings is 1. The van der Waals surface area contributed by atoms with Crippen molar-refractivity contribution >= 4 is 27.8 Å². The van der Waals surface area contributed by atoms with Gasteiger partial charge in [0, 0.05) is 36.3 Å². The second-order valence-electron chi connectivity index (χ2n) is 4.52. The summed E-state index contributed by atoms with van der Waals surface area (Å²) in [5.41, 5.74) is 2.69. The molecule has 96 valence electrons. The molecule has 0 spiro atoms. The highest BCUT2D eigenvalue weighted by molar-refractivity contribution is 7.13. The van der Waals surface area contributed by atoms with Crippen molar-refractivity contribution in [3.63, 3.8) is 0 Å². The van der Waals surface area contributed by atoms with Gasteiger partial charge < -0.3 is 10.2 Å². The van der Waals surface area contributed by atoms with Crippen LogP contribution in [0.15, 0.2) is 16.8 Å². The molecule has 0 unspecified atom stereocenters. The second kappa shape index (κ2) is 5.38. The number of rotatable bonds is 4. The molecular weight excluding hydrogens is 262 g/mol. The van der Waals surface area contributed by atoms with Crippen LogP contribution in [0.5, 0.6) is 0 Å². The molecule has 3 nitrogen and oxygen atoms in total. The predicted molar refractivity (Wildman–Crippen MR) is 78.8 cm³/mol. The first-order valence-electron chi connectivity index (χ1n) is 6.26. The Bertz CT molecular complexity index is 518. The quantitative estimate of drug-likeness (QED) is 0.932. The fraction of sp³-hybridized carbons (Fsp3) is 0.462. The highest BCUT2D eigenvalue weighted by Crippen LogP contribution is 2.29. The third kappa shape index (κ3) is 2.43.